The van der Waals surface area contributed by atoms with Gasteiger partial charge in [-0.3, -0.25) is 4.79 Å². The van der Waals surface area contributed by atoms with Crippen LogP contribution in [0.4, 0.5) is 0 Å². The van der Waals surface area contributed by atoms with Gasteiger partial charge in [0.05, 0.1) is 0 Å². The van der Waals surface area contributed by atoms with Gasteiger partial charge in [0.2, 0.25) is 0 Å². The summed E-state index contributed by atoms with van der Waals surface area (Å²) in [5.74, 6) is 1.20. The molecule has 0 spiro atoms. The number of aryl methyl sites for hydroxylation is 1. The molecular weight excluding hydrogens is 260 g/mol. The number of carbonyl (C=O) groups is 1. The first-order chi connectivity index (χ1) is 10.1. The van der Waals surface area contributed by atoms with E-state index in [9.17, 15) is 4.79 Å². The molecule has 3 rings (SSSR count). The molecule has 0 heterocycles. The number of ketones is 1. The average Bonchev–Trinajstić information content (AvgIpc) is 2.50. The van der Waals surface area contributed by atoms with Crippen LogP contribution in [0.3, 0.4) is 0 Å². The lowest BCUT2D eigenvalue weighted by Crippen LogP contribution is -2.34. The zero-order chi connectivity index (χ0) is 14.9. The number of benzene rings is 2. The minimum Gasteiger partial charge on any atom is -0.489 e. The minimum absolute atomic E-state index is 0.327. The quantitative estimate of drug-likeness (QED) is 0.847. The Hall–Kier alpha value is -2.09. The Balaban J connectivity index is 1.79. The molecule has 1 aliphatic carbocycles. The minimum atomic E-state index is -0.370. The number of fused-ring (bicyclic) bond motifs is 1. The van der Waals surface area contributed by atoms with Gasteiger partial charge < -0.3 is 4.74 Å². The largest absolute Gasteiger partial charge is 0.489 e. The second-order valence-electron chi connectivity index (χ2n) is 6.14. The van der Waals surface area contributed by atoms with Crippen molar-refractivity contribution in [3.8, 4) is 5.75 Å². The monoisotopic (exact) mass is 280 g/mol. The number of hydrogen-bond acceptors (Lipinski definition) is 2. The topological polar surface area (TPSA) is 26.3 Å². The van der Waals surface area contributed by atoms with Gasteiger partial charge in [-0.1, -0.05) is 36.4 Å². The first-order valence-corrected chi connectivity index (χ1v) is 7.41. The third-order valence-corrected chi connectivity index (χ3v) is 4.32. The molecule has 21 heavy (non-hydrogen) atoms. The number of ether oxygens (including phenoxy) is 1. The molecule has 0 N–H and O–H groups in total. The predicted molar refractivity (Wildman–Crippen MR) is 83.6 cm³/mol. The third-order valence-electron chi connectivity index (χ3n) is 4.32. The van der Waals surface area contributed by atoms with Gasteiger partial charge >= 0.3 is 0 Å². The lowest BCUT2D eigenvalue weighted by Gasteiger charge is -2.31. The Labute approximate surface area is 125 Å². The van der Waals surface area contributed by atoms with Gasteiger partial charge in [-0.15, -0.1) is 0 Å². The molecule has 2 aromatic carbocycles. The molecule has 0 aromatic heterocycles. The first kappa shape index (κ1) is 13.9. The highest BCUT2D eigenvalue weighted by atomic mass is 16.5. The Morgan fingerprint density at radius 2 is 1.81 bits per heavy atom. The summed E-state index contributed by atoms with van der Waals surface area (Å²) in [6, 6.07) is 16.3. The fourth-order valence-electron chi connectivity index (χ4n) is 2.93. The Bertz CT molecular complexity index is 657. The van der Waals surface area contributed by atoms with Gasteiger partial charge in [0.15, 0.2) is 0 Å². The summed E-state index contributed by atoms with van der Waals surface area (Å²) in [6.07, 6.45) is 1.45. The van der Waals surface area contributed by atoms with Crippen molar-refractivity contribution in [3.05, 3.63) is 65.2 Å². The molecule has 0 atom stereocenters. The van der Waals surface area contributed by atoms with E-state index in [2.05, 4.69) is 18.2 Å². The highest BCUT2D eigenvalue weighted by Gasteiger charge is 2.34. The Morgan fingerprint density at radius 1 is 1.05 bits per heavy atom. The van der Waals surface area contributed by atoms with Crippen molar-refractivity contribution in [1.82, 2.24) is 0 Å². The predicted octanol–water partition coefficient (Wildman–Crippen LogP) is 4.06. The Morgan fingerprint density at radius 3 is 2.57 bits per heavy atom. The van der Waals surface area contributed by atoms with Crippen molar-refractivity contribution in [2.24, 2.45) is 0 Å². The summed E-state index contributed by atoms with van der Waals surface area (Å²) in [5.41, 5.74) is 3.17. The lowest BCUT2D eigenvalue weighted by molar-refractivity contribution is -0.124. The van der Waals surface area contributed by atoms with Crippen LogP contribution in [0.1, 0.15) is 37.0 Å². The second kappa shape index (κ2) is 5.36. The normalized spacial score (nSPS) is 16.4. The molecular formula is C19H20O2. The van der Waals surface area contributed by atoms with Crippen molar-refractivity contribution < 1.29 is 9.53 Å². The summed E-state index contributed by atoms with van der Waals surface area (Å²) in [6.45, 7) is 4.59. The van der Waals surface area contributed by atoms with Crippen LogP contribution in [0, 0.1) is 0 Å². The molecule has 108 valence electrons. The zero-order valence-electron chi connectivity index (χ0n) is 12.6. The van der Waals surface area contributed by atoms with E-state index >= 15 is 0 Å². The molecule has 2 aromatic rings. The lowest BCUT2D eigenvalue weighted by atomic mass is 9.72. The maximum Gasteiger partial charge on any atom is 0.143 e. The SMILES string of the molecule is CC1(C)C(=O)CCc2cc(OCc3ccccc3)ccc21. The van der Waals surface area contributed by atoms with Crippen LogP contribution in [0.25, 0.3) is 0 Å². The van der Waals surface area contributed by atoms with Crippen LogP contribution < -0.4 is 4.74 Å². The summed E-state index contributed by atoms with van der Waals surface area (Å²) in [4.78, 5) is 12.0. The van der Waals surface area contributed by atoms with E-state index in [0.29, 0.717) is 18.8 Å². The van der Waals surface area contributed by atoms with Gasteiger partial charge in [0, 0.05) is 11.8 Å². The Kier molecular flexibility index (Phi) is 3.54. The fraction of sp³-hybridized carbons (Fsp3) is 0.316. The standard InChI is InChI=1S/C19H20O2/c1-19(2)17-10-9-16(12-15(17)8-11-18(19)20)21-13-14-6-4-3-5-7-14/h3-7,9-10,12H,8,11,13H2,1-2H3. The number of rotatable bonds is 3. The van der Waals surface area contributed by atoms with E-state index in [4.69, 9.17) is 4.74 Å². The molecule has 0 radical (unpaired) electrons. The van der Waals surface area contributed by atoms with Crippen LogP contribution in [0.2, 0.25) is 0 Å². The van der Waals surface area contributed by atoms with Crippen LogP contribution in [-0.2, 0) is 23.2 Å². The molecule has 0 bridgehead atoms. The van der Waals surface area contributed by atoms with Crippen molar-refractivity contribution >= 4 is 5.78 Å². The highest BCUT2D eigenvalue weighted by Crippen LogP contribution is 2.36. The number of Topliss-reactive ketones (excluding diaryl/α,β-unsaturated/α-hetero) is 1. The van der Waals surface area contributed by atoms with E-state index in [0.717, 1.165) is 23.3 Å². The smallest absolute Gasteiger partial charge is 0.143 e. The molecule has 1 aliphatic rings. The molecule has 2 heteroatoms. The van der Waals surface area contributed by atoms with E-state index in [-0.39, 0.29) is 5.41 Å². The van der Waals surface area contributed by atoms with E-state index in [1.54, 1.807) is 0 Å². The van der Waals surface area contributed by atoms with Crippen LogP contribution in [-0.4, -0.2) is 5.78 Å². The van der Waals surface area contributed by atoms with Gasteiger partial charge in [-0.05, 0) is 49.1 Å². The molecule has 0 fully saturated rings. The van der Waals surface area contributed by atoms with E-state index in [1.165, 1.54) is 5.56 Å². The van der Waals surface area contributed by atoms with Gasteiger partial charge in [0.25, 0.3) is 0 Å². The van der Waals surface area contributed by atoms with Gasteiger partial charge in [0.1, 0.15) is 18.1 Å². The van der Waals surface area contributed by atoms with E-state index in [1.807, 2.05) is 44.2 Å². The van der Waals surface area contributed by atoms with E-state index < -0.39 is 0 Å². The van der Waals surface area contributed by atoms with Crippen LogP contribution in [0.15, 0.2) is 48.5 Å². The molecule has 2 nitrogen and oxygen atoms in total. The second-order valence-corrected chi connectivity index (χ2v) is 6.14. The van der Waals surface area contributed by atoms with Crippen molar-refractivity contribution in [2.75, 3.05) is 0 Å². The summed E-state index contributed by atoms with van der Waals surface area (Å²) >= 11 is 0. The number of hydrogen-bond donors (Lipinski definition) is 0. The van der Waals surface area contributed by atoms with Crippen molar-refractivity contribution in [1.29, 1.82) is 0 Å². The first-order valence-electron chi connectivity index (χ1n) is 7.41. The third kappa shape index (κ3) is 2.71. The maximum absolute atomic E-state index is 12.0. The van der Waals surface area contributed by atoms with Crippen LogP contribution >= 0.6 is 0 Å². The van der Waals surface area contributed by atoms with Crippen LogP contribution in [0.5, 0.6) is 5.75 Å². The summed E-state index contributed by atoms with van der Waals surface area (Å²) < 4.78 is 5.87. The zero-order valence-corrected chi connectivity index (χ0v) is 12.6. The fourth-order valence-corrected chi connectivity index (χ4v) is 2.93. The number of carbonyl (C=O) groups excluding carboxylic acids is 1. The average molecular weight is 280 g/mol. The van der Waals surface area contributed by atoms with Gasteiger partial charge in [-0.25, -0.2) is 0 Å². The molecule has 0 aliphatic heterocycles. The molecule has 0 saturated carbocycles. The van der Waals surface area contributed by atoms with Gasteiger partial charge in [-0.2, -0.15) is 0 Å². The summed E-state index contributed by atoms with van der Waals surface area (Å²) in [7, 11) is 0. The van der Waals surface area contributed by atoms with Crippen molar-refractivity contribution in [3.63, 3.8) is 0 Å². The molecule has 0 unspecified atom stereocenters. The molecule has 0 saturated heterocycles. The summed E-state index contributed by atoms with van der Waals surface area (Å²) in [5, 5.41) is 0. The maximum atomic E-state index is 12.0. The molecule has 0 amide bonds. The highest BCUT2D eigenvalue weighted by molar-refractivity contribution is 5.91. The van der Waals surface area contributed by atoms with Crippen molar-refractivity contribution in [2.45, 2.75) is 38.7 Å².